The van der Waals surface area contributed by atoms with E-state index in [4.69, 9.17) is 4.74 Å². The highest BCUT2D eigenvalue weighted by molar-refractivity contribution is 5.25. The molecular formula is C12H22N4O. The van der Waals surface area contributed by atoms with Crippen LogP contribution in [0, 0.1) is 5.92 Å². The number of methoxy groups -OCH3 is 1. The Hall–Kier alpha value is -1.07. The first-order valence-electron chi connectivity index (χ1n) is 6.22. The van der Waals surface area contributed by atoms with Gasteiger partial charge >= 0.3 is 0 Å². The standard InChI is InChI=1S/C12H22N4O/c1-15-6-3-11(9-15)10-16-7-4-13-12(16)14-5-8-17-2/h4,7,11H,3,5-6,8-10H2,1-2H3,(H,13,14). The summed E-state index contributed by atoms with van der Waals surface area (Å²) in [5.41, 5.74) is 0. The van der Waals surface area contributed by atoms with Crippen LogP contribution >= 0.6 is 0 Å². The van der Waals surface area contributed by atoms with Gasteiger partial charge in [0.2, 0.25) is 5.95 Å². The number of hydrogen-bond acceptors (Lipinski definition) is 4. The van der Waals surface area contributed by atoms with E-state index >= 15 is 0 Å². The highest BCUT2D eigenvalue weighted by Gasteiger charge is 2.20. The molecule has 0 saturated carbocycles. The van der Waals surface area contributed by atoms with E-state index in [9.17, 15) is 0 Å². The molecule has 0 radical (unpaired) electrons. The molecule has 0 aromatic carbocycles. The molecule has 5 nitrogen and oxygen atoms in total. The van der Waals surface area contributed by atoms with Gasteiger partial charge in [0, 0.05) is 39.1 Å². The van der Waals surface area contributed by atoms with Crippen LogP contribution in [0.4, 0.5) is 5.95 Å². The predicted molar refractivity (Wildman–Crippen MR) is 68.2 cm³/mol. The summed E-state index contributed by atoms with van der Waals surface area (Å²) in [5, 5.41) is 3.29. The zero-order chi connectivity index (χ0) is 12.1. The summed E-state index contributed by atoms with van der Waals surface area (Å²) >= 11 is 0. The van der Waals surface area contributed by atoms with Gasteiger partial charge in [-0.15, -0.1) is 0 Å². The van der Waals surface area contributed by atoms with Crippen molar-refractivity contribution in [1.82, 2.24) is 14.5 Å². The average molecular weight is 238 g/mol. The minimum atomic E-state index is 0.707. The number of ether oxygens (including phenoxy) is 1. The number of rotatable bonds is 6. The number of anilines is 1. The number of imidazole rings is 1. The second-order valence-electron chi connectivity index (χ2n) is 4.74. The van der Waals surface area contributed by atoms with Gasteiger partial charge < -0.3 is 19.5 Å². The van der Waals surface area contributed by atoms with Crippen molar-refractivity contribution in [3.63, 3.8) is 0 Å². The van der Waals surface area contributed by atoms with Crippen molar-refractivity contribution in [2.24, 2.45) is 5.92 Å². The van der Waals surface area contributed by atoms with Gasteiger partial charge in [0.05, 0.1) is 6.61 Å². The lowest BCUT2D eigenvalue weighted by molar-refractivity contribution is 0.210. The lowest BCUT2D eigenvalue weighted by Gasteiger charge is -2.14. The molecule has 1 saturated heterocycles. The molecule has 1 unspecified atom stereocenters. The van der Waals surface area contributed by atoms with E-state index < -0.39 is 0 Å². The average Bonchev–Trinajstić information content (AvgIpc) is 2.90. The lowest BCUT2D eigenvalue weighted by atomic mass is 10.1. The van der Waals surface area contributed by atoms with Gasteiger partial charge in [-0.25, -0.2) is 4.98 Å². The van der Waals surface area contributed by atoms with Crippen molar-refractivity contribution in [3.8, 4) is 0 Å². The van der Waals surface area contributed by atoms with Gasteiger partial charge in [-0.2, -0.15) is 0 Å². The fourth-order valence-corrected chi connectivity index (χ4v) is 2.34. The van der Waals surface area contributed by atoms with E-state index in [1.54, 1.807) is 7.11 Å². The fourth-order valence-electron chi connectivity index (χ4n) is 2.34. The molecule has 1 aliphatic rings. The Bertz CT molecular complexity index is 339. The summed E-state index contributed by atoms with van der Waals surface area (Å²) in [5.74, 6) is 1.70. The Labute approximate surface area is 103 Å². The Kier molecular flexibility index (Phi) is 4.39. The lowest BCUT2D eigenvalue weighted by Crippen LogP contribution is -2.18. The van der Waals surface area contributed by atoms with Gasteiger partial charge in [-0.3, -0.25) is 0 Å². The quantitative estimate of drug-likeness (QED) is 0.748. The molecule has 2 heterocycles. The highest BCUT2D eigenvalue weighted by atomic mass is 16.5. The molecule has 1 atom stereocenters. The van der Waals surface area contributed by atoms with E-state index in [-0.39, 0.29) is 0 Å². The summed E-state index contributed by atoms with van der Waals surface area (Å²) in [6.45, 7) is 4.97. The summed E-state index contributed by atoms with van der Waals surface area (Å²) in [4.78, 5) is 6.72. The second kappa shape index (κ2) is 6.02. The fraction of sp³-hybridized carbons (Fsp3) is 0.750. The van der Waals surface area contributed by atoms with Crippen LogP contribution in [-0.4, -0.2) is 54.8 Å². The Balaban J connectivity index is 1.85. The SMILES string of the molecule is COCCNc1nccn1CC1CCN(C)C1. The van der Waals surface area contributed by atoms with Crippen molar-refractivity contribution in [2.45, 2.75) is 13.0 Å². The zero-order valence-corrected chi connectivity index (χ0v) is 10.7. The number of nitrogens with one attached hydrogen (secondary N) is 1. The molecule has 1 N–H and O–H groups in total. The summed E-state index contributed by atoms with van der Waals surface area (Å²) < 4.78 is 7.23. The molecule has 0 bridgehead atoms. The zero-order valence-electron chi connectivity index (χ0n) is 10.7. The maximum Gasteiger partial charge on any atom is 0.202 e. The maximum absolute atomic E-state index is 5.02. The normalized spacial score (nSPS) is 20.9. The van der Waals surface area contributed by atoms with E-state index in [2.05, 4.69) is 26.8 Å². The molecule has 1 aromatic heterocycles. The highest BCUT2D eigenvalue weighted by Crippen LogP contribution is 2.18. The Morgan fingerprint density at radius 3 is 3.18 bits per heavy atom. The van der Waals surface area contributed by atoms with Crippen molar-refractivity contribution >= 4 is 5.95 Å². The predicted octanol–water partition coefficient (Wildman–Crippen LogP) is 0.893. The third-order valence-electron chi connectivity index (χ3n) is 3.25. The largest absolute Gasteiger partial charge is 0.383 e. The summed E-state index contributed by atoms with van der Waals surface area (Å²) in [6, 6.07) is 0. The van der Waals surface area contributed by atoms with Crippen LogP contribution in [0.5, 0.6) is 0 Å². The van der Waals surface area contributed by atoms with Crippen LogP contribution < -0.4 is 5.32 Å². The molecule has 2 rings (SSSR count). The Morgan fingerprint density at radius 2 is 2.47 bits per heavy atom. The van der Waals surface area contributed by atoms with Gasteiger partial charge in [-0.05, 0) is 25.9 Å². The van der Waals surface area contributed by atoms with Crippen LogP contribution in [0.15, 0.2) is 12.4 Å². The van der Waals surface area contributed by atoms with Crippen molar-refractivity contribution in [3.05, 3.63) is 12.4 Å². The van der Waals surface area contributed by atoms with Crippen LogP contribution in [0.3, 0.4) is 0 Å². The van der Waals surface area contributed by atoms with E-state index in [0.29, 0.717) is 6.61 Å². The van der Waals surface area contributed by atoms with Gasteiger partial charge in [0.1, 0.15) is 0 Å². The molecule has 0 amide bonds. The van der Waals surface area contributed by atoms with Crippen LogP contribution in [-0.2, 0) is 11.3 Å². The van der Waals surface area contributed by atoms with Gasteiger partial charge in [-0.1, -0.05) is 0 Å². The van der Waals surface area contributed by atoms with Crippen LogP contribution in [0.2, 0.25) is 0 Å². The van der Waals surface area contributed by atoms with Crippen molar-refractivity contribution in [1.29, 1.82) is 0 Å². The number of aromatic nitrogens is 2. The van der Waals surface area contributed by atoms with E-state index in [1.165, 1.54) is 19.5 Å². The maximum atomic E-state index is 5.02. The molecule has 1 fully saturated rings. The first-order valence-corrected chi connectivity index (χ1v) is 6.22. The van der Waals surface area contributed by atoms with Crippen LogP contribution in [0.25, 0.3) is 0 Å². The molecule has 1 aliphatic heterocycles. The van der Waals surface area contributed by atoms with Crippen molar-refractivity contribution < 1.29 is 4.74 Å². The smallest absolute Gasteiger partial charge is 0.202 e. The van der Waals surface area contributed by atoms with Crippen LogP contribution in [0.1, 0.15) is 6.42 Å². The minimum Gasteiger partial charge on any atom is -0.383 e. The molecule has 0 aliphatic carbocycles. The number of hydrogen-bond donors (Lipinski definition) is 1. The van der Waals surface area contributed by atoms with Gasteiger partial charge in [0.25, 0.3) is 0 Å². The van der Waals surface area contributed by atoms with Gasteiger partial charge in [0.15, 0.2) is 0 Å². The Morgan fingerprint density at radius 1 is 1.59 bits per heavy atom. The third kappa shape index (κ3) is 3.44. The summed E-state index contributed by atoms with van der Waals surface area (Å²) in [7, 11) is 3.90. The second-order valence-corrected chi connectivity index (χ2v) is 4.74. The van der Waals surface area contributed by atoms with E-state index in [1.807, 2.05) is 12.4 Å². The molecule has 5 heteroatoms. The van der Waals surface area contributed by atoms with E-state index in [0.717, 1.165) is 25.0 Å². The topological polar surface area (TPSA) is 42.3 Å². The molecular weight excluding hydrogens is 216 g/mol. The third-order valence-corrected chi connectivity index (χ3v) is 3.25. The summed E-state index contributed by atoms with van der Waals surface area (Å²) in [6.07, 6.45) is 5.19. The molecule has 96 valence electrons. The number of likely N-dealkylation sites (tertiary alicyclic amines) is 1. The first-order chi connectivity index (χ1) is 8.29. The van der Waals surface area contributed by atoms with Crippen molar-refractivity contribution in [2.75, 3.05) is 45.7 Å². The molecule has 1 aromatic rings. The molecule has 0 spiro atoms. The first kappa shape index (κ1) is 12.4. The number of nitrogens with zero attached hydrogens (tertiary/aromatic N) is 3. The molecule has 17 heavy (non-hydrogen) atoms. The monoisotopic (exact) mass is 238 g/mol. The minimum absolute atomic E-state index is 0.707.